The van der Waals surface area contributed by atoms with Crippen LogP contribution in [0.15, 0.2) is 30.5 Å². The number of nitrogens with zero attached hydrogens (tertiary/aromatic N) is 2. The van der Waals surface area contributed by atoms with Gasteiger partial charge in [0.05, 0.1) is 5.69 Å². The number of aromatic nitrogens is 1. The van der Waals surface area contributed by atoms with Crippen molar-refractivity contribution in [1.29, 1.82) is 0 Å². The average molecular weight is 214 g/mol. The van der Waals surface area contributed by atoms with Crippen molar-refractivity contribution in [1.82, 2.24) is 4.57 Å². The lowest BCUT2D eigenvalue weighted by molar-refractivity contribution is 0.578. The van der Waals surface area contributed by atoms with Crippen LogP contribution in [0.5, 0.6) is 0 Å². The first-order chi connectivity index (χ1) is 7.86. The Hall–Kier alpha value is -1.44. The van der Waals surface area contributed by atoms with E-state index in [9.17, 15) is 0 Å². The van der Waals surface area contributed by atoms with Gasteiger partial charge in [0.1, 0.15) is 0 Å². The Morgan fingerprint density at radius 1 is 1.00 bits per heavy atom. The topological polar surface area (TPSA) is 8.17 Å². The highest BCUT2D eigenvalue weighted by atomic mass is 15.2. The quantitative estimate of drug-likeness (QED) is 0.708. The Balaban J connectivity index is 2.08. The van der Waals surface area contributed by atoms with Crippen molar-refractivity contribution in [3.63, 3.8) is 0 Å². The van der Waals surface area contributed by atoms with Crippen LogP contribution in [-0.4, -0.2) is 17.7 Å². The van der Waals surface area contributed by atoms with E-state index in [1.807, 2.05) is 0 Å². The van der Waals surface area contributed by atoms with E-state index in [0.29, 0.717) is 0 Å². The molecule has 1 saturated heterocycles. The predicted octanol–water partition coefficient (Wildman–Crippen LogP) is 3.17. The smallest absolute Gasteiger partial charge is 0.0625 e. The van der Waals surface area contributed by atoms with E-state index in [2.05, 4.69) is 47.0 Å². The molecule has 1 aliphatic heterocycles. The summed E-state index contributed by atoms with van der Waals surface area (Å²) < 4.78 is 2.24. The molecule has 2 heterocycles. The summed E-state index contributed by atoms with van der Waals surface area (Å²) in [7, 11) is 2.13. The lowest BCUT2D eigenvalue weighted by Crippen LogP contribution is -2.29. The molecule has 3 rings (SSSR count). The molecule has 1 aromatic heterocycles. The number of aryl methyl sites for hydroxylation is 1. The molecule has 2 nitrogen and oxygen atoms in total. The first-order valence-electron chi connectivity index (χ1n) is 6.15. The maximum absolute atomic E-state index is 2.53. The predicted molar refractivity (Wildman–Crippen MR) is 69.0 cm³/mol. The molecule has 0 radical (unpaired) electrons. The third-order valence-electron chi connectivity index (χ3n) is 3.57. The van der Waals surface area contributed by atoms with E-state index >= 15 is 0 Å². The van der Waals surface area contributed by atoms with E-state index < -0.39 is 0 Å². The van der Waals surface area contributed by atoms with Gasteiger partial charge in [0.2, 0.25) is 0 Å². The number of anilines is 1. The second-order valence-electron chi connectivity index (χ2n) is 4.69. The van der Waals surface area contributed by atoms with Gasteiger partial charge < -0.3 is 9.47 Å². The van der Waals surface area contributed by atoms with Gasteiger partial charge in [-0.3, -0.25) is 0 Å². The summed E-state index contributed by atoms with van der Waals surface area (Å²) in [6.45, 7) is 2.43. The van der Waals surface area contributed by atoms with E-state index in [-0.39, 0.29) is 0 Å². The van der Waals surface area contributed by atoms with Crippen molar-refractivity contribution in [3.8, 4) is 0 Å². The molecule has 0 aliphatic carbocycles. The van der Waals surface area contributed by atoms with E-state index in [0.717, 1.165) is 0 Å². The molecular weight excluding hydrogens is 196 g/mol. The fourth-order valence-electron chi connectivity index (χ4n) is 2.71. The van der Waals surface area contributed by atoms with Crippen molar-refractivity contribution < 1.29 is 0 Å². The zero-order valence-electron chi connectivity index (χ0n) is 9.82. The lowest BCUT2D eigenvalue weighted by atomic mass is 10.1. The SMILES string of the molecule is Cn1cc(N2CCCCC2)c2ccccc21. The first kappa shape index (κ1) is 9.76. The summed E-state index contributed by atoms with van der Waals surface area (Å²) in [5.41, 5.74) is 2.75. The van der Waals surface area contributed by atoms with Gasteiger partial charge in [-0.2, -0.15) is 0 Å². The highest BCUT2D eigenvalue weighted by Gasteiger charge is 2.15. The fraction of sp³-hybridized carbons (Fsp3) is 0.429. The maximum Gasteiger partial charge on any atom is 0.0625 e. The van der Waals surface area contributed by atoms with Crippen LogP contribution in [0.4, 0.5) is 5.69 Å². The van der Waals surface area contributed by atoms with Crippen LogP contribution in [0.2, 0.25) is 0 Å². The standard InChI is InChI=1S/C14H18N2/c1-15-11-14(16-9-5-2-6-10-16)12-7-3-4-8-13(12)15/h3-4,7-8,11H,2,5-6,9-10H2,1H3. The second kappa shape index (κ2) is 3.85. The van der Waals surface area contributed by atoms with Gasteiger partial charge in [-0.15, -0.1) is 0 Å². The van der Waals surface area contributed by atoms with Gasteiger partial charge in [0, 0.05) is 37.2 Å². The molecule has 0 bridgehead atoms. The summed E-state index contributed by atoms with van der Waals surface area (Å²) >= 11 is 0. The average Bonchev–Trinajstić information content (AvgIpc) is 2.69. The number of piperidine rings is 1. The van der Waals surface area contributed by atoms with Crippen LogP contribution >= 0.6 is 0 Å². The van der Waals surface area contributed by atoms with Crippen LogP contribution in [0, 0.1) is 0 Å². The fourth-order valence-corrected chi connectivity index (χ4v) is 2.71. The number of para-hydroxylation sites is 1. The summed E-state index contributed by atoms with van der Waals surface area (Å²) in [6, 6.07) is 8.68. The second-order valence-corrected chi connectivity index (χ2v) is 4.69. The Morgan fingerprint density at radius 2 is 1.75 bits per heavy atom. The molecule has 0 amide bonds. The molecule has 0 spiro atoms. The van der Waals surface area contributed by atoms with Crippen molar-refractivity contribution in [2.24, 2.45) is 7.05 Å². The van der Waals surface area contributed by atoms with Crippen LogP contribution in [0.1, 0.15) is 19.3 Å². The molecule has 2 aromatic rings. The van der Waals surface area contributed by atoms with Gasteiger partial charge in [-0.1, -0.05) is 18.2 Å². The van der Waals surface area contributed by atoms with E-state index in [1.165, 1.54) is 48.9 Å². The van der Waals surface area contributed by atoms with Crippen LogP contribution < -0.4 is 4.90 Å². The number of rotatable bonds is 1. The molecule has 0 saturated carbocycles. The van der Waals surface area contributed by atoms with Crippen molar-refractivity contribution in [2.75, 3.05) is 18.0 Å². The monoisotopic (exact) mass is 214 g/mol. The van der Waals surface area contributed by atoms with Crippen LogP contribution in [-0.2, 0) is 7.05 Å². The lowest BCUT2D eigenvalue weighted by Gasteiger charge is -2.28. The first-order valence-corrected chi connectivity index (χ1v) is 6.15. The minimum Gasteiger partial charge on any atom is -0.370 e. The molecule has 84 valence electrons. The summed E-state index contributed by atoms with van der Waals surface area (Å²) in [6.07, 6.45) is 6.34. The van der Waals surface area contributed by atoms with E-state index in [4.69, 9.17) is 0 Å². The highest BCUT2D eigenvalue weighted by molar-refractivity contribution is 5.93. The molecule has 1 aliphatic rings. The third-order valence-corrected chi connectivity index (χ3v) is 3.57. The van der Waals surface area contributed by atoms with Gasteiger partial charge >= 0.3 is 0 Å². The molecular formula is C14H18N2. The largest absolute Gasteiger partial charge is 0.370 e. The molecule has 1 aromatic carbocycles. The Bertz CT molecular complexity index is 492. The number of hydrogen-bond donors (Lipinski definition) is 0. The molecule has 2 heteroatoms. The van der Waals surface area contributed by atoms with Gasteiger partial charge in [0.25, 0.3) is 0 Å². The van der Waals surface area contributed by atoms with Crippen LogP contribution in [0.3, 0.4) is 0 Å². The zero-order chi connectivity index (χ0) is 11.0. The number of fused-ring (bicyclic) bond motifs is 1. The minimum absolute atomic E-state index is 1.22. The number of benzene rings is 1. The molecule has 0 N–H and O–H groups in total. The molecule has 0 atom stereocenters. The van der Waals surface area contributed by atoms with Crippen LogP contribution in [0.25, 0.3) is 10.9 Å². The Morgan fingerprint density at radius 3 is 2.56 bits per heavy atom. The van der Waals surface area contributed by atoms with Gasteiger partial charge in [-0.05, 0) is 25.3 Å². The summed E-state index contributed by atoms with van der Waals surface area (Å²) in [4.78, 5) is 2.53. The Kier molecular flexibility index (Phi) is 2.35. The van der Waals surface area contributed by atoms with E-state index in [1.54, 1.807) is 0 Å². The summed E-state index contributed by atoms with van der Waals surface area (Å²) in [5, 5.41) is 1.40. The third kappa shape index (κ3) is 1.49. The molecule has 0 unspecified atom stereocenters. The van der Waals surface area contributed by atoms with Gasteiger partial charge in [-0.25, -0.2) is 0 Å². The Labute approximate surface area is 96.5 Å². The van der Waals surface area contributed by atoms with Crippen molar-refractivity contribution in [3.05, 3.63) is 30.5 Å². The number of hydrogen-bond acceptors (Lipinski definition) is 1. The molecule has 1 fully saturated rings. The van der Waals surface area contributed by atoms with Crippen molar-refractivity contribution >= 4 is 16.6 Å². The van der Waals surface area contributed by atoms with Crippen molar-refractivity contribution in [2.45, 2.75) is 19.3 Å². The minimum atomic E-state index is 1.22. The molecule has 16 heavy (non-hydrogen) atoms. The maximum atomic E-state index is 2.53. The summed E-state index contributed by atoms with van der Waals surface area (Å²) in [5.74, 6) is 0. The normalized spacial score (nSPS) is 16.9. The highest BCUT2D eigenvalue weighted by Crippen LogP contribution is 2.30. The van der Waals surface area contributed by atoms with Gasteiger partial charge in [0.15, 0.2) is 0 Å². The zero-order valence-corrected chi connectivity index (χ0v) is 9.82.